The number of nitrogens with zero attached hydrogens (tertiary/aromatic N) is 2. The molecule has 0 bridgehead atoms. The summed E-state index contributed by atoms with van der Waals surface area (Å²) in [6, 6.07) is 5.67. The van der Waals surface area contributed by atoms with Crippen molar-refractivity contribution in [3.8, 4) is 0 Å². The largest absolute Gasteiger partial charge is 0.294 e. The predicted octanol–water partition coefficient (Wildman–Crippen LogP) is 5.12. The van der Waals surface area contributed by atoms with E-state index in [9.17, 15) is 4.79 Å². The molecule has 0 aliphatic rings. The minimum absolute atomic E-state index is 0.151. The Morgan fingerprint density at radius 1 is 1.09 bits per heavy atom. The topological polar surface area (TPSA) is 42.9 Å². The summed E-state index contributed by atoms with van der Waals surface area (Å²) in [6.07, 6.45) is 0.514. The Morgan fingerprint density at radius 2 is 1.78 bits per heavy atom. The molecular formula is C18H24N2OS2. The molecule has 2 aromatic rings. The number of benzene rings is 1. The van der Waals surface area contributed by atoms with E-state index < -0.39 is 0 Å². The van der Waals surface area contributed by atoms with E-state index in [0.29, 0.717) is 11.7 Å². The van der Waals surface area contributed by atoms with Gasteiger partial charge >= 0.3 is 0 Å². The van der Waals surface area contributed by atoms with Gasteiger partial charge in [-0.1, -0.05) is 27.7 Å². The first kappa shape index (κ1) is 18.3. The molecule has 0 radical (unpaired) electrons. The zero-order chi connectivity index (χ0) is 16.8. The molecule has 1 heterocycles. The van der Waals surface area contributed by atoms with Crippen LogP contribution in [0.1, 0.15) is 55.9 Å². The van der Waals surface area contributed by atoms with Crippen molar-refractivity contribution < 1.29 is 4.79 Å². The molecule has 0 aliphatic carbocycles. The fraction of sp³-hybridized carbons (Fsp3) is 0.500. The lowest BCUT2D eigenvalue weighted by Gasteiger charge is -2.11. The highest BCUT2D eigenvalue weighted by Crippen LogP contribution is 2.24. The summed E-state index contributed by atoms with van der Waals surface area (Å²) in [5.41, 5.74) is 4.56. The molecule has 0 atom stereocenters. The Bertz CT molecular complexity index is 686. The number of rotatable bonds is 8. The summed E-state index contributed by atoms with van der Waals surface area (Å²) >= 11 is 3.74. The van der Waals surface area contributed by atoms with Gasteiger partial charge in [-0.3, -0.25) is 4.79 Å². The lowest BCUT2D eigenvalue weighted by atomic mass is 10.1. The predicted molar refractivity (Wildman–Crippen MR) is 102 cm³/mol. The van der Waals surface area contributed by atoms with Crippen molar-refractivity contribution in [1.29, 1.82) is 0 Å². The maximum atomic E-state index is 11.9. The van der Waals surface area contributed by atoms with Gasteiger partial charge in [0, 0.05) is 23.5 Å². The lowest BCUT2D eigenvalue weighted by Crippen LogP contribution is -2.03. The Hall–Kier alpha value is -1.07. The molecule has 0 saturated heterocycles. The molecule has 0 fully saturated rings. The Morgan fingerprint density at radius 3 is 2.43 bits per heavy atom. The maximum absolute atomic E-state index is 11.9. The second-order valence-electron chi connectivity index (χ2n) is 5.59. The molecule has 0 unspecified atom stereocenters. The average Bonchev–Trinajstić information content (AvgIpc) is 2.56. The van der Waals surface area contributed by atoms with Crippen LogP contribution in [0, 0.1) is 0 Å². The standard InChI is InChI=1S/C18H24N2OS2/c1-5-18(21)13-7-8-14-15(9-13)20-16(10-22-6-2)17(19-14)11-23-12(3)4/h7-9,12H,5-6,10-11H2,1-4H3. The van der Waals surface area contributed by atoms with Crippen LogP contribution < -0.4 is 0 Å². The monoisotopic (exact) mass is 348 g/mol. The van der Waals surface area contributed by atoms with Crippen molar-refractivity contribution in [2.45, 2.75) is 50.9 Å². The van der Waals surface area contributed by atoms with E-state index in [2.05, 4.69) is 20.8 Å². The van der Waals surface area contributed by atoms with Crippen LogP contribution in [-0.4, -0.2) is 26.8 Å². The molecule has 0 aliphatic heterocycles. The van der Waals surface area contributed by atoms with Gasteiger partial charge in [0.25, 0.3) is 0 Å². The molecule has 0 spiro atoms. The van der Waals surface area contributed by atoms with Crippen LogP contribution in [-0.2, 0) is 11.5 Å². The van der Waals surface area contributed by atoms with Crippen LogP contribution in [0.25, 0.3) is 11.0 Å². The quantitative estimate of drug-likeness (QED) is 0.620. The Labute approximate surface area is 147 Å². The average molecular weight is 349 g/mol. The van der Waals surface area contributed by atoms with Crippen LogP contribution in [0.2, 0.25) is 0 Å². The van der Waals surface area contributed by atoms with Crippen LogP contribution in [0.4, 0.5) is 0 Å². The summed E-state index contributed by atoms with van der Waals surface area (Å²) in [6.45, 7) is 8.43. The summed E-state index contributed by atoms with van der Waals surface area (Å²) in [7, 11) is 0. The van der Waals surface area contributed by atoms with E-state index in [1.807, 2.05) is 48.6 Å². The van der Waals surface area contributed by atoms with Crippen LogP contribution >= 0.6 is 23.5 Å². The molecule has 1 aromatic carbocycles. The number of ketones is 1. The molecule has 0 saturated carbocycles. The summed E-state index contributed by atoms with van der Waals surface area (Å²) in [5, 5.41) is 0.573. The Kier molecular flexibility index (Phi) is 6.90. The van der Waals surface area contributed by atoms with Gasteiger partial charge in [0.2, 0.25) is 0 Å². The highest BCUT2D eigenvalue weighted by atomic mass is 32.2. The number of carbonyl (C=O) groups is 1. The fourth-order valence-corrected chi connectivity index (χ4v) is 3.53. The van der Waals surface area contributed by atoms with Gasteiger partial charge in [-0.2, -0.15) is 23.5 Å². The van der Waals surface area contributed by atoms with Gasteiger partial charge in [0.15, 0.2) is 5.78 Å². The minimum Gasteiger partial charge on any atom is -0.294 e. The fourth-order valence-electron chi connectivity index (χ4n) is 2.18. The van der Waals surface area contributed by atoms with E-state index in [-0.39, 0.29) is 5.78 Å². The second-order valence-corrected chi connectivity index (χ2v) is 8.43. The van der Waals surface area contributed by atoms with Crippen molar-refractivity contribution in [2.75, 3.05) is 5.75 Å². The number of thioether (sulfide) groups is 2. The van der Waals surface area contributed by atoms with Crippen LogP contribution in [0.5, 0.6) is 0 Å². The van der Waals surface area contributed by atoms with E-state index in [4.69, 9.17) is 9.97 Å². The number of carbonyl (C=O) groups excluding carboxylic acids is 1. The number of aromatic nitrogens is 2. The third-order valence-electron chi connectivity index (χ3n) is 3.46. The highest BCUT2D eigenvalue weighted by molar-refractivity contribution is 7.99. The first-order valence-corrected chi connectivity index (χ1v) is 10.3. The number of fused-ring (bicyclic) bond motifs is 1. The van der Waals surface area contributed by atoms with Crippen LogP contribution in [0.15, 0.2) is 18.2 Å². The third-order valence-corrected chi connectivity index (χ3v) is 5.45. The van der Waals surface area contributed by atoms with E-state index in [1.165, 1.54) is 0 Å². The van der Waals surface area contributed by atoms with Crippen molar-refractivity contribution >= 4 is 40.3 Å². The van der Waals surface area contributed by atoms with E-state index >= 15 is 0 Å². The van der Waals surface area contributed by atoms with Crippen LogP contribution in [0.3, 0.4) is 0 Å². The molecule has 0 N–H and O–H groups in total. The van der Waals surface area contributed by atoms with Crippen molar-refractivity contribution in [1.82, 2.24) is 9.97 Å². The molecule has 0 amide bonds. The lowest BCUT2D eigenvalue weighted by molar-refractivity contribution is 0.0988. The SMILES string of the molecule is CCSCc1nc2cc(C(=O)CC)ccc2nc1CSC(C)C. The molecule has 1 aromatic heterocycles. The number of Topliss-reactive ketones (excluding diaryl/α,β-unsaturated/α-hetero) is 1. The van der Waals surface area contributed by atoms with Gasteiger partial charge in [-0.15, -0.1) is 0 Å². The first-order chi connectivity index (χ1) is 11.0. The van der Waals surface area contributed by atoms with Gasteiger partial charge in [0.1, 0.15) is 0 Å². The molecule has 124 valence electrons. The zero-order valence-electron chi connectivity index (χ0n) is 14.3. The molecule has 2 rings (SSSR count). The van der Waals surface area contributed by atoms with Gasteiger partial charge < -0.3 is 0 Å². The van der Waals surface area contributed by atoms with Crippen molar-refractivity contribution in [3.63, 3.8) is 0 Å². The number of hydrogen-bond acceptors (Lipinski definition) is 5. The molecule has 3 nitrogen and oxygen atoms in total. The third kappa shape index (κ3) is 4.95. The van der Waals surface area contributed by atoms with Gasteiger partial charge in [0.05, 0.1) is 22.4 Å². The first-order valence-electron chi connectivity index (χ1n) is 8.07. The maximum Gasteiger partial charge on any atom is 0.162 e. The normalized spacial score (nSPS) is 11.3. The molecule has 5 heteroatoms. The number of hydrogen-bond donors (Lipinski definition) is 0. The smallest absolute Gasteiger partial charge is 0.162 e. The highest BCUT2D eigenvalue weighted by Gasteiger charge is 2.12. The second kappa shape index (κ2) is 8.69. The summed E-state index contributed by atoms with van der Waals surface area (Å²) in [5.74, 6) is 2.97. The van der Waals surface area contributed by atoms with E-state index in [1.54, 1.807) is 0 Å². The van der Waals surface area contributed by atoms with E-state index in [0.717, 1.165) is 45.2 Å². The summed E-state index contributed by atoms with van der Waals surface area (Å²) < 4.78 is 0. The molecular weight excluding hydrogens is 324 g/mol. The van der Waals surface area contributed by atoms with Crippen molar-refractivity contribution in [3.05, 3.63) is 35.2 Å². The molecule has 23 heavy (non-hydrogen) atoms. The summed E-state index contributed by atoms with van der Waals surface area (Å²) in [4.78, 5) is 21.5. The van der Waals surface area contributed by atoms with Crippen molar-refractivity contribution in [2.24, 2.45) is 0 Å². The zero-order valence-corrected chi connectivity index (χ0v) is 15.9. The Balaban J connectivity index is 2.41. The van der Waals surface area contributed by atoms with Gasteiger partial charge in [-0.25, -0.2) is 9.97 Å². The minimum atomic E-state index is 0.151. The van der Waals surface area contributed by atoms with Gasteiger partial charge in [-0.05, 0) is 29.2 Å².